The van der Waals surface area contributed by atoms with E-state index in [4.69, 9.17) is 4.74 Å². The zero-order valence-electron chi connectivity index (χ0n) is 17.1. The van der Waals surface area contributed by atoms with Crippen LogP contribution in [0.4, 0.5) is 0 Å². The van der Waals surface area contributed by atoms with Gasteiger partial charge in [-0.3, -0.25) is 0 Å². The average Bonchev–Trinajstić information content (AvgIpc) is 2.46. The Labute approximate surface area is 146 Å². The molecule has 0 aromatic heterocycles. The summed E-state index contributed by atoms with van der Waals surface area (Å²) in [7, 11) is 1.95. The molecule has 0 N–H and O–H groups in total. The van der Waals surface area contributed by atoms with E-state index in [1.165, 1.54) is 64.2 Å². The highest BCUT2D eigenvalue weighted by Gasteiger charge is 2.48. The maximum absolute atomic E-state index is 6.16. The van der Waals surface area contributed by atoms with Crippen molar-refractivity contribution in [3.05, 3.63) is 0 Å². The number of hydrogen-bond acceptors (Lipinski definition) is 1. The summed E-state index contributed by atoms with van der Waals surface area (Å²) in [5.74, 6) is 0.830. The summed E-state index contributed by atoms with van der Waals surface area (Å²) < 4.78 is 6.16. The van der Waals surface area contributed by atoms with Crippen LogP contribution in [0.3, 0.4) is 0 Å². The van der Waals surface area contributed by atoms with Crippen molar-refractivity contribution >= 4 is 0 Å². The smallest absolute Gasteiger partial charge is 0.0729 e. The molecular formula is C22H42O. The lowest BCUT2D eigenvalue weighted by molar-refractivity contribution is -0.133. The van der Waals surface area contributed by atoms with Crippen molar-refractivity contribution in [1.29, 1.82) is 0 Å². The van der Waals surface area contributed by atoms with Gasteiger partial charge in [-0.05, 0) is 54.3 Å². The molecule has 0 amide bonds. The highest BCUT2D eigenvalue weighted by Crippen LogP contribution is 2.55. The van der Waals surface area contributed by atoms with E-state index in [0.717, 1.165) is 5.92 Å². The van der Waals surface area contributed by atoms with Crippen molar-refractivity contribution < 1.29 is 4.74 Å². The second-order valence-corrected chi connectivity index (χ2v) is 10.6. The van der Waals surface area contributed by atoms with Gasteiger partial charge in [0.1, 0.15) is 0 Å². The van der Waals surface area contributed by atoms with Crippen LogP contribution in [0.5, 0.6) is 0 Å². The molecule has 0 aromatic carbocycles. The third kappa shape index (κ3) is 3.80. The SMILES string of the molecule is COC1(C(C)(C)C)CCCC(CC(C)(C)C2(C)CCCCC2)C1. The quantitative estimate of drug-likeness (QED) is 0.541. The van der Waals surface area contributed by atoms with E-state index >= 15 is 0 Å². The molecule has 2 saturated carbocycles. The molecule has 2 atom stereocenters. The van der Waals surface area contributed by atoms with Crippen LogP contribution in [0.25, 0.3) is 0 Å². The molecule has 2 unspecified atom stereocenters. The van der Waals surface area contributed by atoms with E-state index in [9.17, 15) is 0 Å². The minimum atomic E-state index is 0.0828. The van der Waals surface area contributed by atoms with Crippen LogP contribution in [0, 0.1) is 22.2 Å². The fourth-order valence-corrected chi connectivity index (χ4v) is 5.67. The van der Waals surface area contributed by atoms with Crippen LogP contribution in [-0.4, -0.2) is 12.7 Å². The van der Waals surface area contributed by atoms with Crippen LogP contribution in [-0.2, 0) is 4.74 Å². The van der Waals surface area contributed by atoms with Crippen LogP contribution < -0.4 is 0 Å². The van der Waals surface area contributed by atoms with Crippen LogP contribution >= 0.6 is 0 Å². The van der Waals surface area contributed by atoms with Crippen LogP contribution in [0.1, 0.15) is 106 Å². The maximum Gasteiger partial charge on any atom is 0.0729 e. The molecule has 0 aromatic rings. The van der Waals surface area contributed by atoms with Gasteiger partial charge in [-0.1, -0.05) is 73.6 Å². The second-order valence-electron chi connectivity index (χ2n) is 10.6. The molecule has 0 spiro atoms. The molecule has 2 fully saturated rings. The fraction of sp³-hybridized carbons (Fsp3) is 1.00. The molecule has 0 saturated heterocycles. The van der Waals surface area contributed by atoms with E-state index in [0.29, 0.717) is 10.8 Å². The Morgan fingerprint density at radius 3 is 2.04 bits per heavy atom. The van der Waals surface area contributed by atoms with Gasteiger partial charge in [0.25, 0.3) is 0 Å². The summed E-state index contributed by atoms with van der Waals surface area (Å²) in [6, 6.07) is 0. The first kappa shape index (κ1) is 19.3. The van der Waals surface area contributed by atoms with Crippen molar-refractivity contribution in [3.8, 4) is 0 Å². The zero-order chi connectivity index (χ0) is 17.4. The maximum atomic E-state index is 6.16. The Balaban J connectivity index is 2.10. The highest BCUT2D eigenvalue weighted by atomic mass is 16.5. The summed E-state index contributed by atoms with van der Waals surface area (Å²) in [4.78, 5) is 0. The molecule has 0 aliphatic heterocycles. The molecular weight excluding hydrogens is 280 g/mol. The first-order chi connectivity index (χ1) is 10.6. The van der Waals surface area contributed by atoms with Gasteiger partial charge in [-0.15, -0.1) is 0 Å². The Kier molecular flexibility index (Phi) is 5.61. The van der Waals surface area contributed by atoms with E-state index in [1.807, 2.05) is 7.11 Å². The minimum Gasteiger partial charge on any atom is -0.378 e. The van der Waals surface area contributed by atoms with Crippen molar-refractivity contribution in [2.75, 3.05) is 7.11 Å². The highest BCUT2D eigenvalue weighted by molar-refractivity contribution is 4.99. The topological polar surface area (TPSA) is 9.23 Å². The summed E-state index contributed by atoms with van der Waals surface area (Å²) in [5, 5.41) is 0. The van der Waals surface area contributed by atoms with Crippen molar-refractivity contribution in [2.45, 2.75) is 111 Å². The Morgan fingerprint density at radius 1 is 0.913 bits per heavy atom. The van der Waals surface area contributed by atoms with Crippen molar-refractivity contribution in [3.63, 3.8) is 0 Å². The monoisotopic (exact) mass is 322 g/mol. The second kappa shape index (κ2) is 6.70. The predicted octanol–water partition coefficient (Wildman–Crippen LogP) is 6.99. The third-order valence-corrected chi connectivity index (χ3v) is 7.96. The van der Waals surface area contributed by atoms with Crippen molar-refractivity contribution in [1.82, 2.24) is 0 Å². The van der Waals surface area contributed by atoms with E-state index in [-0.39, 0.29) is 11.0 Å². The van der Waals surface area contributed by atoms with Gasteiger partial charge < -0.3 is 4.74 Å². The van der Waals surface area contributed by atoms with Gasteiger partial charge in [-0.25, -0.2) is 0 Å². The molecule has 136 valence electrons. The molecule has 0 bridgehead atoms. The molecule has 0 heterocycles. The molecule has 2 aliphatic carbocycles. The fourth-order valence-electron chi connectivity index (χ4n) is 5.67. The van der Waals surface area contributed by atoms with Gasteiger partial charge in [-0.2, -0.15) is 0 Å². The number of hydrogen-bond donors (Lipinski definition) is 0. The largest absolute Gasteiger partial charge is 0.378 e. The van der Waals surface area contributed by atoms with Gasteiger partial charge in [0.2, 0.25) is 0 Å². The average molecular weight is 323 g/mol. The molecule has 23 heavy (non-hydrogen) atoms. The minimum absolute atomic E-state index is 0.0828. The van der Waals surface area contributed by atoms with E-state index in [1.54, 1.807) is 0 Å². The summed E-state index contributed by atoms with van der Waals surface area (Å²) in [6.07, 6.45) is 13.8. The normalized spacial score (nSPS) is 32.7. The molecule has 2 rings (SSSR count). The summed E-state index contributed by atoms with van der Waals surface area (Å²) >= 11 is 0. The Bertz CT molecular complexity index is 383. The number of methoxy groups -OCH3 is 1. The van der Waals surface area contributed by atoms with E-state index in [2.05, 4.69) is 41.5 Å². The number of ether oxygens (including phenoxy) is 1. The van der Waals surface area contributed by atoms with Gasteiger partial charge in [0.05, 0.1) is 5.60 Å². The standard InChI is InChI=1S/C22H42O/c1-19(2,3)22(23-7)15-11-12-18(17-22)16-20(4,5)21(6)13-9-8-10-14-21/h18H,8-17H2,1-7H3. The number of rotatable bonds is 4. The summed E-state index contributed by atoms with van der Waals surface area (Å²) in [6.45, 7) is 14.8. The first-order valence-electron chi connectivity index (χ1n) is 10.1. The van der Waals surface area contributed by atoms with Gasteiger partial charge in [0.15, 0.2) is 0 Å². The lowest BCUT2D eigenvalue weighted by Crippen LogP contribution is -2.49. The molecule has 2 aliphatic rings. The molecule has 0 radical (unpaired) electrons. The Hall–Kier alpha value is -0.0400. The van der Waals surface area contributed by atoms with Gasteiger partial charge in [0, 0.05) is 7.11 Å². The summed E-state index contributed by atoms with van der Waals surface area (Å²) in [5.41, 5.74) is 1.31. The van der Waals surface area contributed by atoms with E-state index < -0.39 is 0 Å². The lowest BCUT2D eigenvalue weighted by atomic mass is 9.55. The van der Waals surface area contributed by atoms with Crippen LogP contribution in [0.2, 0.25) is 0 Å². The van der Waals surface area contributed by atoms with Gasteiger partial charge >= 0.3 is 0 Å². The Morgan fingerprint density at radius 2 is 1.52 bits per heavy atom. The van der Waals surface area contributed by atoms with Crippen molar-refractivity contribution in [2.24, 2.45) is 22.2 Å². The zero-order valence-corrected chi connectivity index (χ0v) is 17.1. The third-order valence-electron chi connectivity index (χ3n) is 7.96. The van der Waals surface area contributed by atoms with Crippen LogP contribution in [0.15, 0.2) is 0 Å². The lowest BCUT2D eigenvalue weighted by Gasteiger charge is -2.53. The first-order valence-corrected chi connectivity index (χ1v) is 10.1. The predicted molar refractivity (Wildman–Crippen MR) is 101 cm³/mol. The molecule has 1 heteroatoms. The molecule has 1 nitrogen and oxygen atoms in total.